The molecule has 0 aromatic heterocycles. The summed E-state index contributed by atoms with van der Waals surface area (Å²) >= 11 is 1.83. The van der Waals surface area contributed by atoms with Crippen molar-refractivity contribution < 1.29 is 25.2 Å². The first-order valence-electron chi connectivity index (χ1n) is 11.4. The summed E-state index contributed by atoms with van der Waals surface area (Å²) in [6.07, 6.45) is 14.8. The molecule has 0 unspecified atom stereocenters. The molecule has 2 rings (SSSR count). The number of allylic oxidation sites excluding steroid dienone is 1. The Kier molecular flexibility index (Phi) is 11.0. The minimum Gasteiger partial charge on any atom is -0.504 e. The first kappa shape index (κ1) is 25.7. The average Bonchev–Trinajstić information content (AvgIpc) is 2.80. The fourth-order valence-corrected chi connectivity index (χ4v) is 4.27. The number of aromatic hydroxyl groups is 4. The summed E-state index contributed by atoms with van der Waals surface area (Å²) in [6, 6.07) is 8.77. The molecule has 0 fully saturated rings. The Morgan fingerprint density at radius 2 is 1.41 bits per heavy atom. The van der Waals surface area contributed by atoms with Crippen LogP contribution in [-0.2, 0) is 0 Å². The molecule has 32 heavy (non-hydrogen) atoms. The number of hydrogen-bond donors (Lipinski definition) is 4. The summed E-state index contributed by atoms with van der Waals surface area (Å²) in [5.41, 5.74) is 0.527. The van der Waals surface area contributed by atoms with Crippen molar-refractivity contribution in [1.82, 2.24) is 0 Å². The fourth-order valence-electron chi connectivity index (χ4n) is 3.36. The molecule has 0 bridgehead atoms. The van der Waals surface area contributed by atoms with Crippen LogP contribution in [0.4, 0.5) is 0 Å². The largest absolute Gasteiger partial charge is 0.504 e. The summed E-state index contributed by atoms with van der Waals surface area (Å²) in [5.74, 6) is -2.73. The SMILES string of the molecule is CCCCCCCCCCCSc1ccc(/C=C/C(=O)c2cc(O)c(O)c(O)c2O)cc1. The van der Waals surface area contributed by atoms with Crippen molar-refractivity contribution in [3.8, 4) is 23.0 Å². The Hall–Kier alpha value is -2.60. The van der Waals surface area contributed by atoms with Crippen molar-refractivity contribution in [1.29, 1.82) is 0 Å². The number of phenols is 4. The maximum atomic E-state index is 12.3. The minimum atomic E-state index is -0.921. The fraction of sp³-hybridized carbons (Fsp3) is 0.423. The Morgan fingerprint density at radius 3 is 2.03 bits per heavy atom. The van der Waals surface area contributed by atoms with Gasteiger partial charge in [0.25, 0.3) is 0 Å². The molecule has 0 aliphatic rings. The maximum Gasteiger partial charge on any atom is 0.205 e. The molecule has 2 aromatic rings. The van der Waals surface area contributed by atoms with Gasteiger partial charge in [-0.15, -0.1) is 11.8 Å². The molecule has 0 spiro atoms. The molecule has 0 heterocycles. The molecule has 6 heteroatoms. The van der Waals surface area contributed by atoms with E-state index in [2.05, 4.69) is 6.92 Å². The number of phenolic OH excluding ortho intramolecular Hbond substituents is 4. The summed E-state index contributed by atoms with van der Waals surface area (Å²) in [4.78, 5) is 13.5. The van der Waals surface area contributed by atoms with E-state index in [1.54, 1.807) is 6.08 Å². The van der Waals surface area contributed by atoms with Gasteiger partial charge in [0.2, 0.25) is 11.5 Å². The van der Waals surface area contributed by atoms with E-state index < -0.39 is 28.8 Å². The molecule has 174 valence electrons. The molecular formula is C26H34O5S. The molecule has 5 nitrogen and oxygen atoms in total. The second kappa shape index (κ2) is 13.7. The van der Waals surface area contributed by atoms with E-state index >= 15 is 0 Å². The van der Waals surface area contributed by atoms with Gasteiger partial charge < -0.3 is 20.4 Å². The molecule has 4 N–H and O–H groups in total. The van der Waals surface area contributed by atoms with E-state index in [0.717, 1.165) is 17.4 Å². The predicted octanol–water partition coefficient (Wildman–Crippen LogP) is 7.03. The Balaban J connectivity index is 1.74. The lowest BCUT2D eigenvalue weighted by Crippen LogP contribution is -1.95. The second-order valence-corrected chi connectivity index (χ2v) is 9.10. The summed E-state index contributed by atoms with van der Waals surface area (Å²) in [6.45, 7) is 2.25. The normalized spacial score (nSPS) is 11.3. The first-order chi connectivity index (χ1) is 15.4. The summed E-state index contributed by atoms with van der Waals surface area (Å²) < 4.78 is 0. The predicted molar refractivity (Wildman–Crippen MR) is 131 cm³/mol. The Bertz CT molecular complexity index is 890. The van der Waals surface area contributed by atoms with Gasteiger partial charge in [0.15, 0.2) is 17.3 Å². The van der Waals surface area contributed by atoms with Gasteiger partial charge in [0.05, 0.1) is 5.56 Å². The van der Waals surface area contributed by atoms with Crippen LogP contribution in [0.5, 0.6) is 23.0 Å². The maximum absolute atomic E-state index is 12.3. The van der Waals surface area contributed by atoms with Gasteiger partial charge in [-0.1, -0.05) is 76.5 Å². The third-order valence-electron chi connectivity index (χ3n) is 5.32. The molecule has 0 saturated carbocycles. The second-order valence-electron chi connectivity index (χ2n) is 7.93. The highest BCUT2D eigenvalue weighted by Crippen LogP contribution is 2.44. The number of carbonyl (C=O) groups excluding carboxylic acids is 1. The van der Waals surface area contributed by atoms with E-state index in [1.165, 1.54) is 68.8 Å². The van der Waals surface area contributed by atoms with Crippen LogP contribution in [0.15, 0.2) is 41.3 Å². The molecule has 0 saturated heterocycles. The number of thioether (sulfide) groups is 1. The van der Waals surface area contributed by atoms with Crippen molar-refractivity contribution >= 4 is 23.6 Å². The van der Waals surface area contributed by atoms with E-state index in [-0.39, 0.29) is 5.56 Å². The molecule has 0 radical (unpaired) electrons. The van der Waals surface area contributed by atoms with Crippen LogP contribution in [-0.4, -0.2) is 32.0 Å². The van der Waals surface area contributed by atoms with Gasteiger partial charge >= 0.3 is 0 Å². The van der Waals surface area contributed by atoms with E-state index in [0.29, 0.717) is 0 Å². The van der Waals surface area contributed by atoms with Gasteiger partial charge in [0, 0.05) is 4.90 Å². The van der Waals surface area contributed by atoms with Crippen LogP contribution in [0, 0.1) is 0 Å². The average molecular weight is 459 g/mol. The highest BCUT2D eigenvalue weighted by molar-refractivity contribution is 7.99. The lowest BCUT2D eigenvalue weighted by Gasteiger charge is -2.07. The molecule has 0 aliphatic heterocycles. The van der Waals surface area contributed by atoms with E-state index in [1.807, 2.05) is 36.0 Å². The van der Waals surface area contributed by atoms with Crippen molar-refractivity contribution in [2.24, 2.45) is 0 Å². The van der Waals surface area contributed by atoms with E-state index in [9.17, 15) is 25.2 Å². The number of rotatable bonds is 14. The highest BCUT2D eigenvalue weighted by atomic mass is 32.2. The van der Waals surface area contributed by atoms with Crippen molar-refractivity contribution in [3.05, 3.63) is 47.5 Å². The Labute approximate surface area is 194 Å². The highest BCUT2D eigenvalue weighted by Gasteiger charge is 2.19. The quantitative estimate of drug-likeness (QED) is 0.0606. The molecule has 0 atom stereocenters. The molecular weight excluding hydrogens is 424 g/mol. The van der Waals surface area contributed by atoms with Crippen LogP contribution in [0.2, 0.25) is 0 Å². The summed E-state index contributed by atoms with van der Waals surface area (Å²) in [5, 5.41) is 38.3. The number of benzene rings is 2. The number of ketones is 1. The zero-order chi connectivity index (χ0) is 23.3. The van der Waals surface area contributed by atoms with Crippen LogP contribution in [0.25, 0.3) is 6.08 Å². The van der Waals surface area contributed by atoms with Crippen LogP contribution in [0.3, 0.4) is 0 Å². The zero-order valence-corrected chi connectivity index (χ0v) is 19.5. The third-order valence-corrected chi connectivity index (χ3v) is 6.42. The zero-order valence-electron chi connectivity index (χ0n) is 18.7. The van der Waals surface area contributed by atoms with Crippen LogP contribution in [0.1, 0.15) is 80.6 Å². The van der Waals surface area contributed by atoms with Crippen molar-refractivity contribution in [2.45, 2.75) is 69.6 Å². The lowest BCUT2D eigenvalue weighted by molar-refractivity contribution is 0.104. The molecule has 2 aromatic carbocycles. The number of hydrogen-bond acceptors (Lipinski definition) is 6. The van der Waals surface area contributed by atoms with Gasteiger partial charge in [-0.2, -0.15) is 0 Å². The lowest BCUT2D eigenvalue weighted by atomic mass is 10.1. The minimum absolute atomic E-state index is 0.290. The van der Waals surface area contributed by atoms with Gasteiger partial charge in [0.1, 0.15) is 0 Å². The standard InChI is InChI=1S/C26H34O5S/c1-2-3-4-5-6-7-8-9-10-17-32-20-14-11-19(12-15-20)13-16-22(27)21-18-23(28)25(30)26(31)24(21)29/h11-16,18,28-31H,2-10,17H2,1H3/b16-13+. The summed E-state index contributed by atoms with van der Waals surface area (Å²) in [7, 11) is 0. The topological polar surface area (TPSA) is 98.0 Å². The third kappa shape index (κ3) is 8.15. The first-order valence-corrected chi connectivity index (χ1v) is 12.3. The van der Waals surface area contributed by atoms with Crippen molar-refractivity contribution in [3.63, 3.8) is 0 Å². The van der Waals surface area contributed by atoms with Gasteiger partial charge in [-0.3, -0.25) is 4.79 Å². The van der Waals surface area contributed by atoms with Gasteiger partial charge in [-0.25, -0.2) is 0 Å². The van der Waals surface area contributed by atoms with Crippen LogP contribution >= 0.6 is 11.8 Å². The van der Waals surface area contributed by atoms with Crippen LogP contribution < -0.4 is 0 Å². The van der Waals surface area contributed by atoms with Gasteiger partial charge in [-0.05, 0) is 42.0 Å². The monoisotopic (exact) mass is 458 g/mol. The number of carbonyl (C=O) groups is 1. The molecule has 0 aliphatic carbocycles. The smallest absolute Gasteiger partial charge is 0.205 e. The Morgan fingerprint density at radius 1 is 0.812 bits per heavy atom. The molecule has 0 amide bonds. The van der Waals surface area contributed by atoms with Crippen molar-refractivity contribution in [2.75, 3.05) is 5.75 Å². The van der Waals surface area contributed by atoms with E-state index in [4.69, 9.17) is 0 Å². The number of unbranched alkanes of at least 4 members (excludes halogenated alkanes) is 8.